The van der Waals surface area contributed by atoms with Gasteiger partial charge in [-0.2, -0.15) is 5.10 Å². The lowest BCUT2D eigenvalue weighted by Gasteiger charge is -2.21. The standard InChI is InChI=1S/C23H21N3O3S/c1-16-19-13-20(30-23(19)26(24-16)18-11-7-4-8-12-18)22(28)25(15-21(27)29-2)14-17-9-5-3-6-10-17/h3-13H,14-15H2,1-2H3. The molecule has 0 radical (unpaired) electrons. The number of para-hydroxylation sites is 1. The molecule has 0 atom stereocenters. The van der Waals surface area contributed by atoms with Gasteiger partial charge in [0.25, 0.3) is 5.91 Å². The van der Waals surface area contributed by atoms with Gasteiger partial charge in [0.1, 0.15) is 11.4 Å². The Morgan fingerprint density at radius 1 is 1.07 bits per heavy atom. The van der Waals surface area contributed by atoms with E-state index >= 15 is 0 Å². The van der Waals surface area contributed by atoms with Gasteiger partial charge in [0, 0.05) is 11.9 Å². The van der Waals surface area contributed by atoms with Crippen LogP contribution >= 0.6 is 11.3 Å². The lowest BCUT2D eigenvalue weighted by molar-refractivity contribution is -0.141. The Hall–Kier alpha value is -3.45. The van der Waals surface area contributed by atoms with Crippen LogP contribution in [0.15, 0.2) is 66.7 Å². The van der Waals surface area contributed by atoms with Gasteiger partial charge in [-0.1, -0.05) is 48.5 Å². The van der Waals surface area contributed by atoms with Crippen molar-refractivity contribution in [3.8, 4) is 5.69 Å². The van der Waals surface area contributed by atoms with E-state index in [4.69, 9.17) is 4.74 Å². The number of aryl methyl sites for hydroxylation is 1. The van der Waals surface area contributed by atoms with Crippen LogP contribution in [0, 0.1) is 6.92 Å². The molecule has 30 heavy (non-hydrogen) atoms. The van der Waals surface area contributed by atoms with Crippen LogP contribution in [0.2, 0.25) is 0 Å². The lowest BCUT2D eigenvalue weighted by Crippen LogP contribution is -2.35. The summed E-state index contributed by atoms with van der Waals surface area (Å²) in [5, 5.41) is 5.56. The summed E-state index contributed by atoms with van der Waals surface area (Å²) in [7, 11) is 1.32. The van der Waals surface area contributed by atoms with Crippen molar-refractivity contribution >= 4 is 33.4 Å². The van der Waals surface area contributed by atoms with Crippen molar-refractivity contribution in [1.82, 2.24) is 14.7 Å². The summed E-state index contributed by atoms with van der Waals surface area (Å²) in [6.07, 6.45) is 0. The highest BCUT2D eigenvalue weighted by Gasteiger charge is 2.23. The monoisotopic (exact) mass is 419 g/mol. The molecule has 152 valence electrons. The number of aromatic nitrogens is 2. The quantitative estimate of drug-likeness (QED) is 0.439. The van der Waals surface area contributed by atoms with E-state index in [9.17, 15) is 9.59 Å². The average Bonchev–Trinajstić information content (AvgIpc) is 3.34. The van der Waals surface area contributed by atoms with Gasteiger partial charge >= 0.3 is 5.97 Å². The second kappa shape index (κ2) is 8.51. The molecule has 4 aromatic rings. The van der Waals surface area contributed by atoms with Crippen LogP contribution in [0.25, 0.3) is 15.9 Å². The van der Waals surface area contributed by atoms with Crippen LogP contribution in [0.4, 0.5) is 0 Å². The number of thiophene rings is 1. The first-order valence-electron chi connectivity index (χ1n) is 9.51. The van der Waals surface area contributed by atoms with Crippen molar-refractivity contribution in [3.63, 3.8) is 0 Å². The third kappa shape index (κ3) is 3.97. The molecule has 2 aromatic carbocycles. The Morgan fingerprint density at radius 2 is 1.73 bits per heavy atom. The minimum absolute atomic E-state index is 0.109. The Balaban J connectivity index is 1.69. The van der Waals surface area contributed by atoms with Crippen LogP contribution in [0.3, 0.4) is 0 Å². The predicted octanol–water partition coefficient (Wildman–Crippen LogP) is 4.21. The number of ether oxygens (including phenoxy) is 1. The maximum Gasteiger partial charge on any atom is 0.325 e. The van der Waals surface area contributed by atoms with Gasteiger partial charge < -0.3 is 9.64 Å². The fraction of sp³-hybridized carbons (Fsp3) is 0.174. The van der Waals surface area contributed by atoms with E-state index in [0.717, 1.165) is 27.2 Å². The summed E-state index contributed by atoms with van der Waals surface area (Å²) in [5.41, 5.74) is 2.74. The minimum Gasteiger partial charge on any atom is -0.468 e. The molecule has 0 aliphatic heterocycles. The molecule has 1 amide bonds. The van der Waals surface area contributed by atoms with Crippen molar-refractivity contribution in [2.24, 2.45) is 0 Å². The third-order valence-corrected chi connectivity index (χ3v) is 5.91. The first-order chi connectivity index (χ1) is 14.6. The highest BCUT2D eigenvalue weighted by Crippen LogP contribution is 2.31. The molecular weight excluding hydrogens is 398 g/mol. The van der Waals surface area contributed by atoms with E-state index in [2.05, 4.69) is 5.10 Å². The van der Waals surface area contributed by atoms with Crippen molar-refractivity contribution in [2.45, 2.75) is 13.5 Å². The molecule has 0 bridgehead atoms. The molecule has 4 rings (SSSR count). The molecule has 0 aliphatic rings. The fourth-order valence-electron chi connectivity index (χ4n) is 3.28. The van der Waals surface area contributed by atoms with E-state index in [0.29, 0.717) is 11.4 Å². The number of benzene rings is 2. The Labute approximate surface area is 178 Å². The van der Waals surface area contributed by atoms with Gasteiger partial charge in [0.15, 0.2) is 0 Å². The number of hydrogen-bond donors (Lipinski definition) is 0. The summed E-state index contributed by atoms with van der Waals surface area (Å²) in [4.78, 5) is 28.2. The van der Waals surface area contributed by atoms with Gasteiger partial charge in [-0.3, -0.25) is 9.59 Å². The zero-order valence-corrected chi connectivity index (χ0v) is 17.6. The molecule has 6 nitrogen and oxygen atoms in total. The summed E-state index contributed by atoms with van der Waals surface area (Å²) >= 11 is 1.38. The number of fused-ring (bicyclic) bond motifs is 1. The highest BCUT2D eigenvalue weighted by atomic mass is 32.1. The first-order valence-corrected chi connectivity index (χ1v) is 10.3. The maximum atomic E-state index is 13.3. The predicted molar refractivity (Wildman–Crippen MR) is 117 cm³/mol. The van der Waals surface area contributed by atoms with Crippen molar-refractivity contribution in [2.75, 3.05) is 13.7 Å². The summed E-state index contributed by atoms with van der Waals surface area (Å²) in [6.45, 7) is 2.15. The number of carbonyl (C=O) groups is 2. The largest absolute Gasteiger partial charge is 0.468 e. The third-order valence-electron chi connectivity index (χ3n) is 4.81. The van der Waals surface area contributed by atoms with E-state index in [1.165, 1.54) is 23.3 Å². The SMILES string of the molecule is COC(=O)CN(Cc1ccccc1)C(=O)c1cc2c(C)nn(-c3ccccc3)c2s1. The summed E-state index contributed by atoms with van der Waals surface area (Å²) in [6, 6.07) is 21.3. The molecule has 0 spiro atoms. The second-order valence-corrected chi connectivity index (χ2v) is 7.92. The van der Waals surface area contributed by atoms with Crippen LogP contribution in [-0.4, -0.2) is 40.2 Å². The molecular formula is C23H21N3O3S. The van der Waals surface area contributed by atoms with E-state index < -0.39 is 5.97 Å². The number of hydrogen-bond acceptors (Lipinski definition) is 5. The lowest BCUT2D eigenvalue weighted by atomic mass is 10.2. The van der Waals surface area contributed by atoms with E-state index in [-0.39, 0.29) is 12.5 Å². The molecule has 0 aliphatic carbocycles. The van der Waals surface area contributed by atoms with Crippen molar-refractivity contribution in [1.29, 1.82) is 0 Å². The van der Waals surface area contributed by atoms with Crippen LogP contribution in [-0.2, 0) is 16.1 Å². The molecule has 2 aromatic heterocycles. The minimum atomic E-state index is -0.452. The number of amides is 1. The highest BCUT2D eigenvalue weighted by molar-refractivity contribution is 7.20. The summed E-state index contributed by atoms with van der Waals surface area (Å²) < 4.78 is 6.66. The van der Waals surface area contributed by atoms with Gasteiger partial charge in [-0.05, 0) is 30.7 Å². The molecule has 0 N–H and O–H groups in total. The zero-order chi connectivity index (χ0) is 21.1. The number of nitrogens with zero attached hydrogens (tertiary/aromatic N) is 3. The smallest absolute Gasteiger partial charge is 0.325 e. The molecule has 0 saturated carbocycles. The number of esters is 1. The first kappa shape index (κ1) is 19.8. The number of carbonyl (C=O) groups excluding carboxylic acids is 2. The molecule has 2 heterocycles. The van der Waals surface area contributed by atoms with Gasteiger partial charge in [0.05, 0.1) is 23.4 Å². The van der Waals surface area contributed by atoms with Crippen molar-refractivity contribution in [3.05, 3.63) is 82.9 Å². The average molecular weight is 420 g/mol. The molecule has 7 heteroatoms. The Bertz CT molecular complexity index is 1180. The Kier molecular flexibility index (Phi) is 5.63. The van der Waals surface area contributed by atoms with Crippen molar-refractivity contribution < 1.29 is 14.3 Å². The van der Waals surface area contributed by atoms with Crippen LogP contribution < -0.4 is 0 Å². The number of methoxy groups -OCH3 is 1. The molecule has 0 saturated heterocycles. The van der Waals surface area contributed by atoms with E-state index in [1.807, 2.05) is 78.3 Å². The van der Waals surface area contributed by atoms with Crippen LogP contribution in [0.5, 0.6) is 0 Å². The topological polar surface area (TPSA) is 64.4 Å². The van der Waals surface area contributed by atoms with Crippen LogP contribution in [0.1, 0.15) is 20.9 Å². The molecule has 0 unspecified atom stereocenters. The summed E-state index contributed by atoms with van der Waals surface area (Å²) in [5.74, 6) is -0.656. The maximum absolute atomic E-state index is 13.3. The van der Waals surface area contributed by atoms with Gasteiger partial charge in [-0.25, -0.2) is 4.68 Å². The zero-order valence-electron chi connectivity index (χ0n) is 16.7. The second-order valence-electron chi connectivity index (χ2n) is 6.89. The van der Waals surface area contributed by atoms with Gasteiger partial charge in [0.2, 0.25) is 0 Å². The Morgan fingerprint density at radius 3 is 2.40 bits per heavy atom. The van der Waals surface area contributed by atoms with Gasteiger partial charge in [-0.15, -0.1) is 11.3 Å². The fourth-order valence-corrected chi connectivity index (χ4v) is 4.43. The van der Waals surface area contributed by atoms with E-state index in [1.54, 1.807) is 0 Å². The normalized spacial score (nSPS) is 10.9. The molecule has 0 fully saturated rings. The number of rotatable bonds is 6.